The quantitative estimate of drug-likeness (QED) is 0.413. The summed E-state index contributed by atoms with van der Waals surface area (Å²) >= 11 is 1.44. The number of methoxy groups -OCH3 is 3. The number of thiazole rings is 1. The van der Waals surface area contributed by atoms with Crippen molar-refractivity contribution in [3.05, 3.63) is 65.2 Å². The van der Waals surface area contributed by atoms with Gasteiger partial charge in [-0.1, -0.05) is 12.1 Å². The van der Waals surface area contributed by atoms with Gasteiger partial charge in [-0.25, -0.2) is 4.98 Å². The van der Waals surface area contributed by atoms with Crippen molar-refractivity contribution < 1.29 is 19.0 Å². The number of carbonyl (C=O) groups is 1. The van der Waals surface area contributed by atoms with Crippen LogP contribution in [0.3, 0.4) is 0 Å². The van der Waals surface area contributed by atoms with Gasteiger partial charge in [0.15, 0.2) is 11.5 Å². The molecule has 0 bridgehead atoms. The normalized spacial score (nSPS) is 10.7. The summed E-state index contributed by atoms with van der Waals surface area (Å²) in [5, 5.41) is 10.1. The van der Waals surface area contributed by atoms with Crippen LogP contribution in [0.1, 0.15) is 11.3 Å². The van der Waals surface area contributed by atoms with Gasteiger partial charge in [0.25, 0.3) is 0 Å². The first-order valence-electron chi connectivity index (χ1n) is 10.2. The monoisotopic (exact) mass is 464 g/mol. The maximum atomic E-state index is 12.7. The number of anilines is 1. The molecule has 33 heavy (non-hydrogen) atoms. The number of nitrogens with zero attached hydrogens (tertiary/aromatic N) is 3. The Hall–Kier alpha value is -3.85. The average molecular weight is 465 g/mol. The minimum Gasteiger partial charge on any atom is -0.497 e. The third-order valence-electron chi connectivity index (χ3n) is 4.98. The molecule has 0 aliphatic rings. The minimum absolute atomic E-state index is 0.141. The van der Waals surface area contributed by atoms with Crippen LogP contribution in [0, 0.1) is 6.92 Å². The summed E-state index contributed by atoms with van der Waals surface area (Å²) in [6.07, 6.45) is 0.239. The average Bonchev–Trinajstić information content (AvgIpc) is 3.45. The predicted molar refractivity (Wildman–Crippen MR) is 128 cm³/mol. The highest BCUT2D eigenvalue weighted by atomic mass is 32.1. The number of benzene rings is 2. The first-order valence-corrected chi connectivity index (χ1v) is 11.1. The van der Waals surface area contributed by atoms with Gasteiger partial charge in [0.1, 0.15) is 11.6 Å². The van der Waals surface area contributed by atoms with E-state index in [0.29, 0.717) is 22.4 Å². The molecular formula is C24H24N4O4S. The van der Waals surface area contributed by atoms with E-state index in [1.807, 2.05) is 60.8 Å². The zero-order valence-corrected chi connectivity index (χ0v) is 19.6. The third kappa shape index (κ3) is 4.98. The van der Waals surface area contributed by atoms with Gasteiger partial charge >= 0.3 is 0 Å². The van der Waals surface area contributed by atoms with E-state index in [4.69, 9.17) is 19.2 Å². The van der Waals surface area contributed by atoms with E-state index < -0.39 is 0 Å². The van der Waals surface area contributed by atoms with Crippen LogP contribution in [0.5, 0.6) is 17.2 Å². The van der Waals surface area contributed by atoms with Gasteiger partial charge < -0.3 is 19.5 Å². The number of hydrogen-bond acceptors (Lipinski definition) is 7. The van der Waals surface area contributed by atoms with E-state index in [-0.39, 0.29) is 12.3 Å². The Morgan fingerprint density at radius 1 is 1.00 bits per heavy atom. The second-order valence-electron chi connectivity index (χ2n) is 7.24. The van der Waals surface area contributed by atoms with E-state index in [1.54, 1.807) is 26.0 Å². The van der Waals surface area contributed by atoms with Crippen molar-refractivity contribution in [1.29, 1.82) is 0 Å². The van der Waals surface area contributed by atoms with Crippen molar-refractivity contribution in [2.24, 2.45) is 0 Å². The van der Waals surface area contributed by atoms with Crippen molar-refractivity contribution in [2.45, 2.75) is 13.3 Å². The standard InChI is InChI=1S/C24H24N4O4S/c1-15-11-22(26-23(29)12-16-5-8-18(30-2)9-6-16)28(27-15)24-25-19(14-33-24)17-7-10-20(31-3)21(13-17)32-4/h5-11,13-14H,12H2,1-4H3,(H,26,29). The summed E-state index contributed by atoms with van der Waals surface area (Å²) in [4.78, 5) is 17.4. The Morgan fingerprint density at radius 2 is 1.76 bits per heavy atom. The Balaban J connectivity index is 1.54. The first kappa shape index (κ1) is 22.3. The molecule has 8 nitrogen and oxygen atoms in total. The van der Waals surface area contributed by atoms with Gasteiger partial charge in [-0.15, -0.1) is 11.3 Å². The lowest BCUT2D eigenvalue weighted by Gasteiger charge is -2.08. The van der Waals surface area contributed by atoms with Crippen molar-refractivity contribution >= 4 is 23.1 Å². The summed E-state index contributed by atoms with van der Waals surface area (Å²) in [6.45, 7) is 1.87. The van der Waals surface area contributed by atoms with Crippen molar-refractivity contribution in [3.63, 3.8) is 0 Å². The van der Waals surface area contributed by atoms with Crippen molar-refractivity contribution in [2.75, 3.05) is 26.6 Å². The number of rotatable bonds is 8. The molecule has 0 aliphatic heterocycles. The number of carbonyl (C=O) groups excluding carboxylic acids is 1. The fourth-order valence-electron chi connectivity index (χ4n) is 3.34. The number of hydrogen-bond donors (Lipinski definition) is 1. The molecule has 170 valence electrons. The maximum Gasteiger partial charge on any atom is 0.229 e. The molecule has 2 heterocycles. The van der Waals surface area contributed by atoms with E-state index in [0.717, 1.165) is 28.3 Å². The largest absolute Gasteiger partial charge is 0.497 e. The molecule has 0 saturated heterocycles. The van der Waals surface area contributed by atoms with Gasteiger partial charge in [-0.2, -0.15) is 9.78 Å². The van der Waals surface area contributed by atoms with Crippen LogP contribution in [0.2, 0.25) is 0 Å². The SMILES string of the molecule is COc1ccc(CC(=O)Nc2cc(C)nn2-c2nc(-c3ccc(OC)c(OC)c3)cs2)cc1. The lowest BCUT2D eigenvalue weighted by atomic mass is 10.1. The minimum atomic E-state index is -0.141. The number of aryl methyl sites for hydroxylation is 1. The van der Waals surface area contributed by atoms with E-state index in [1.165, 1.54) is 11.3 Å². The van der Waals surface area contributed by atoms with Gasteiger partial charge in [0.05, 0.1) is 39.1 Å². The van der Waals surface area contributed by atoms with E-state index >= 15 is 0 Å². The fourth-order valence-corrected chi connectivity index (χ4v) is 4.14. The summed E-state index contributed by atoms with van der Waals surface area (Å²) < 4.78 is 17.5. The highest BCUT2D eigenvalue weighted by molar-refractivity contribution is 7.12. The van der Waals surface area contributed by atoms with Gasteiger partial charge in [0, 0.05) is 17.0 Å². The Labute approximate surface area is 195 Å². The molecule has 2 aromatic carbocycles. The molecule has 4 aromatic rings. The van der Waals surface area contributed by atoms with Crippen LogP contribution >= 0.6 is 11.3 Å². The lowest BCUT2D eigenvalue weighted by molar-refractivity contribution is -0.115. The third-order valence-corrected chi connectivity index (χ3v) is 5.79. The van der Waals surface area contributed by atoms with Crippen LogP contribution in [0.4, 0.5) is 5.82 Å². The molecule has 1 N–H and O–H groups in total. The van der Waals surface area contributed by atoms with Crippen LogP contribution in [0.25, 0.3) is 16.4 Å². The van der Waals surface area contributed by atoms with Gasteiger partial charge in [0.2, 0.25) is 11.0 Å². The second-order valence-corrected chi connectivity index (χ2v) is 8.08. The molecule has 0 fully saturated rings. The highest BCUT2D eigenvalue weighted by Crippen LogP contribution is 2.33. The van der Waals surface area contributed by atoms with E-state index in [2.05, 4.69) is 10.4 Å². The Bertz CT molecular complexity index is 1260. The summed E-state index contributed by atoms with van der Waals surface area (Å²) in [5.74, 6) is 2.46. The summed E-state index contributed by atoms with van der Waals surface area (Å²) in [7, 11) is 4.81. The first-order chi connectivity index (χ1) is 16.0. The molecular weight excluding hydrogens is 440 g/mol. The van der Waals surface area contributed by atoms with Crippen molar-refractivity contribution in [1.82, 2.24) is 14.8 Å². The molecule has 0 spiro atoms. The number of ether oxygens (including phenoxy) is 3. The van der Waals surface area contributed by atoms with E-state index in [9.17, 15) is 4.79 Å². The van der Waals surface area contributed by atoms with Crippen LogP contribution in [-0.4, -0.2) is 42.0 Å². The number of amides is 1. The zero-order chi connectivity index (χ0) is 23.4. The molecule has 0 aliphatic carbocycles. The second kappa shape index (κ2) is 9.74. The van der Waals surface area contributed by atoms with Gasteiger partial charge in [-0.3, -0.25) is 4.79 Å². The Kier molecular flexibility index (Phi) is 6.60. The molecule has 0 saturated carbocycles. The number of nitrogens with one attached hydrogen (secondary N) is 1. The summed E-state index contributed by atoms with van der Waals surface area (Å²) in [6, 6.07) is 14.9. The zero-order valence-electron chi connectivity index (χ0n) is 18.8. The molecule has 1 amide bonds. The molecule has 2 aromatic heterocycles. The highest BCUT2D eigenvalue weighted by Gasteiger charge is 2.16. The van der Waals surface area contributed by atoms with Gasteiger partial charge in [-0.05, 0) is 42.8 Å². The molecule has 0 unspecified atom stereocenters. The molecule has 9 heteroatoms. The van der Waals surface area contributed by atoms with Crippen LogP contribution in [0.15, 0.2) is 53.9 Å². The van der Waals surface area contributed by atoms with Crippen LogP contribution < -0.4 is 19.5 Å². The fraction of sp³-hybridized carbons (Fsp3) is 0.208. The molecule has 0 radical (unpaired) electrons. The smallest absolute Gasteiger partial charge is 0.229 e. The predicted octanol–water partition coefficient (Wildman–Crippen LogP) is 4.51. The molecule has 0 atom stereocenters. The van der Waals surface area contributed by atoms with Crippen molar-refractivity contribution in [3.8, 4) is 33.6 Å². The topological polar surface area (TPSA) is 87.5 Å². The molecule has 4 rings (SSSR count). The maximum absolute atomic E-state index is 12.7. The Morgan fingerprint density at radius 3 is 2.45 bits per heavy atom. The summed E-state index contributed by atoms with van der Waals surface area (Å²) in [5.41, 5.74) is 3.34. The number of aromatic nitrogens is 3. The lowest BCUT2D eigenvalue weighted by Crippen LogP contribution is -2.17. The van der Waals surface area contributed by atoms with Crippen LogP contribution in [-0.2, 0) is 11.2 Å².